The van der Waals surface area contributed by atoms with Crippen LogP contribution in [0.25, 0.3) is 6.08 Å². The maximum absolute atomic E-state index is 13.2. The van der Waals surface area contributed by atoms with E-state index in [9.17, 15) is 19.2 Å². The van der Waals surface area contributed by atoms with Crippen LogP contribution >= 0.6 is 22.6 Å². The van der Waals surface area contributed by atoms with E-state index in [0.29, 0.717) is 26.3 Å². The van der Waals surface area contributed by atoms with Crippen LogP contribution in [0.4, 0.5) is 10.5 Å². The average molecular weight is 617 g/mol. The second-order valence-corrected chi connectivity index (χ2v) is 10.2. The van der Waals surface area contributed by atoms with Gasteiger partial charge in [-0.15, -0.1) is 0 Å². The second-order valence-electron chi connectivity index (χ2n) is 9.02. The first-order valence-corrected chi connectivity index (χ1v) is 13.1. The fraction of sp³-hybridized carbons (Fsp3) is 0.333. The summed E-state index contributed by atoms with van der Waals surface area (Å²) in [6, 6.07) is 9.87. The minimum atomic E-state index is -0.732. The number of ether oxygens (including phenoxy) is 2. The van der Waals surface area contributed by atoms with Crippen LogP contribution in [-0.4, -0.2) is 48.4 Å². The van der Waals surface area contributed by atoms with Crippen molar-refractivity contribution in [2.45, 2.75) is 45.1 Å². The van der Waals surface area contributed by atoms with Gasteiger partial charge in [0.2, 0.25) is 0 Å². The number of imide groups is 2. The van der Waals surface area contributed by atoms with Gasteiger partial charge in [0.15, 0.2) is 18.1 Å². The maximum atomic E-state index is 13.2. The molecular weight excluding hydrogens is 589 g/mol. The number of hydrogen-bond donors (Lipinski definition) is 2. The van der Waals surface area contributed by atoms with E-state index in [2.05, 4.69) is 10.6 Å². The minimum absolute atomic E-state index is 0.117. The Morgan fingerprint density at radius 1 is 1.14 bits per heavy atom. The van der Waals surface area contributed by atoms with Crippen LogP contribution in [0.15, 0.2) is 42.0 Å². The van der Waals surface area contributed by atoms with E-state index in [4.69, 9.17) is 9.47 Å². The lowest BCUT2D eigenvalue weighted by atomic mass is 9.93. The van der Waals surface area contributed by atoms with Crippen LogP contribution in [0.1, 0.15) is 43.2 Å². The molecule has 1 saturated heterocycles. The topological polar surface area (TPSA) is 114 Å². The number of halogens is 1. The zero-order chi connectivity index (χ0) is 26.5. The number of rotatable bonds is 7. The zero-order valence-corrected chi connectivity index (χ0v) is 22.8. The maximum Gasteiger partial charge on any atom is 0.331 e. The van der Waals surface area contributed by atoms with Crippen molar-refractivity contribution in [2.75, 3.05) is 19.0 Å². The molecule has 5 amide bonds. The van der Waals surface area contributed by atoms with Gasteiger partial charge in [-0.1, -0.05) is 37.0 Å². The molecule has 0 bridgehead atoms. The minimum Gasteiger partial charge on any atom is -0.493 e. The van der Waals surface area contributed by atoms with Crippen molar-refractivity contribution in [1.29, 1.82) is 0 Å². The van der Waals surface area contributed by atoms with E-state index in [1.165, 1.54) is 18.1 Å². The van der Waals surface area contributed by atoms with Crippen molar-refractivity contribution in [1.82, 2.24) is 10.2 Å². The van der Waals surface area contributed by atoms with E-state index in [-0.39, 0.29) is 24.1 Å². The number of methoxy groups -OCH3 is 1. The van der Waals surface area contributed by atoms with Gasteiger partial charge in [0.05, 0.1) is 10.7 Å². The molecule has 1 aliphatic carbocycles. The molecule has 194 valence electrons. The number of carbonyl (C=O) groups excluding carboxylic acids is 4. The Kier molecular flexibility index (Phi) is 8.47. The summed E-state index contributed by atoms with van der Waals surface area (Å²) in [5.41, 5.74) is 2.16. The van der Waals surface area contributed by atoms with E-state index in [0.717, 1.165) is 37.7 Å². The molecule has 0 aromatic heterocycles. The lowest BCUT2D eigenvalue weighted by Crippen LogP contribution is -2.58. The van der Waals surface area contributed by atoms with Gasteiger partial charge in [-0.2, -0.15) is 0 Å². The molecule has 1 aliphatic heterocycles. The van der Waals surface area contributed by atoms with Crippen LogP contribution in [0.5, 0.6) is 11.5 Å². The largest absolute Gasteiger partial charge is 0.493 e. The molecule has 37 heavy (non-hydrogen) atoms. The summed E-state index contributed by atoms with van der Waals surface area (Å²) in [4.78, 5) is 51.7. The number of aryl methyl sites for hydroxylation is 1. The fourth-order valence-corrected chi connectivity index (χ4v) is 5.22. The lowest BCUT2D eigenvalue weighted by molar-refractivity contribution is -0.132. The Labute approximate surface area is 228 Å². The summed E-state index contributed by atoms with van der Waals surface area (Å²) in [6.45, 7) is 1.73. The Balaban J connectivity index is 1.51. The standard InChI is InChI=1S/C27H28IN3O6/c1-16-8-10-18(11-9-16)29-23(32)15-37-24-21(28)13-17(14-22(24)36-2)12-20-25(33)30-27(35)31(26(20)34)19-6-4-3-5-7-19/h8-14,19H,3-7,15H2,1-2H3,(H,29,32)(H,30,33,35). The third-order valence-electron chi connectivity index (χ3n) is 6.32. The Morgan fingerprint density at radius 3 is 2.51 bits per heavy atom. The SMILES string of the molecule is COc1cc(C=C2C(=O)NC(=O)N(C3CCCCC3)C2=O)cc(I)c1OCC(=O)Nc1ccc(C)cc1. The lowest BCUT2D eigenvalue weighted by Gasteiger charge is -2.35. The molecule has 2 aromatic rings. The quantitative estimate of drug-likeness (QED) is 0.270. The number of barbiturate groups is 1. The van der Waals surface area contributed by atoms with E-state index >= 15 is 0 Å². The molecule has 0 spiro atoms. The van der Waals surface area contributed by atoms with Gasteiger partial charge in [-0.05, 0) is 78.3 Å². The highest BCUT2D eigenvalue weighted by Crippen LogP contribution is 2.35. The van der Waals surface area contributed by atoms with Gasteiger partial charge < -0.3 is 14.8 Å². The molecule has 2 N–H and O–H groups in total. The van der Waals surface area contributed by atoms with Crippen LogP contribution in [-0.2, 0) is 14.4 Å². The van der Waals surface area contributed by atoms with Gasteiger partial charge in [0.1, 0.15) is 5.57 Å². The first-order chi connectivity index (χ1) is 17.8. The van der Waals surface area contributed by atoms with E-state index in [1.807, 2.05) is 53.8 Å². The van der Waals surface area contributed by atoms with Gasteiger partial charge >= 0.3 is 6.03 Å². The van der Waals surface area contributed by atoms with E-state index in [1.54, 1.807) is 12.1 Å². The van der Waals surface area contributed by atoms with Crippen molar-refractivity contribution in [2.24, 2.45) is 0 Å². The van der Waals surface area contributed by atoms with Crippen molar-refractivity contribution >= 4 is 58.1 Å². The summed E-state index contributed by atoms with van der Waals surface area (Å²) in [6.07, 6.45) is 5.86. The molecule has 0 radical (unpaired) electrons. The Morgan fingerprint density at radius 2 is 1.84 bits per heavy atom. The third kappa shape index (κ3) is 6.30. The van der Waals surface area contributed by atoms with Crippen LogP contribution in [0, 0.1) is 10.5 Å². The number of hydrogen-bond acceptors (Lipinski definition) is 6. The number of amides is 5. The molecular formula is C27H28IN3O6. The molecule has 10 heteroatoms. The molecule has 9 nitrogen and oxygen atoms in total. The number of benzene rings is 2. The number of anilines is 1. The highest BCUT2D eigenvalue weighted by atomic mass is 127. The van der Waals surface area contributed by atoms with Crippen LogP contribution in [0.3, 0.4) is 0 Å². The van der Waals surface area contributed by atoms with Crippen molar-refractivity contribution in [3.63, 3.8) is 0 Å². The molecule has 2 fully saturated rings. The molecule has 1 saturated carbocycles. The smallest absolute Gasteiger partial charge is 0.331 e. The van der Waals surface area contributed by atoms with Crippen LogP contribution in [0.2, 0.25) is 0 Å². The summed E-state index contributed by atoms with van der Waals surface area (Å²) in [7, 11) is 1.46. The van der Waals surface area contributed by atoms with Gasteiger partial charge in [0.25, 0.3) is 17.7 Å². The van der Waals surface area contributed by atoms with Crippen molar-refractivity contribution < 1.29 is 28.7 Å². The number of urea groups is 1. The third-order valence-corrected chi connectivity index (χ3v) is 7.12. The molecule has 1 heterocycles. The van der Waals surface area contributed by atoms with E-state index < -0.39 is 17.8 Å². The number of nitrogens with one attached hydrogen (secondary N) is 2. The average Bonchev–Trinajstić information content (AvgIpc) is 2.87. The molecule has 2 aromatic carbocycles. The molecule has 0 atom stereocenters. The fourth-order valence-electron chi connectivity index (χ4n) is 4.44. The summed E-state index contributed by atoms with van der Waals surface area (Å²) in [5.74, 6) is -0.954. The molecule has 0 unspecified atom stereocenters. The number of carbonyl (C=O) groups is 4. The van der Waals surface area contributed by atoms with Crippen molar-refractivity contribution in [3.8, 4) is 11.5 Å². The normalized spacial score (nSPS) is 17.5. The summed E-state index contributed by atoms with van der Waals surface area (Å²) >= 11 is 2.04. The van der Waals surface area contributed by atoms with Crippen molar-refractivity contribution in [3.05, 3.63) is 56.7 Å². The highest BCUT2D eigenvalue weighted by Gasteiger charge is 2.40. The first-order valence-electron chi connectivity index (χ1n) is 12.0. The predicted molar refractivity (Wildman–Crippen MR) is 146 cm³/mol. The van der Waals surface area contributed by atoms with Gasteiger partial charge in [-0.3, -0.25) is 24.6 Å². The van der Waals surface area contributed by atoms with Gasteiger partial charge in [0, 0.05) is 11.7 Å². The second kappa shape index (κ2) is 11.8. The van der Waals surface area contributed by atoms with Crippen LogP contribution < -0.4 is 20.1 Å². The zero-order valence-electron chi connectivity index (χ0n) is 20.6. The number of nitrogens with zero attached hydrogens (tertiary/aromatic N) is 1. The highest BCUT2D eigenvalue weighted by molar-refractivity contribution is 14.1. The monoisotopic (exact) mass is 617 g/mol. The Hall–Kier alpha value is -3.41. The summed E-state index contributed by atoms with van der Waals surface area (Å²) < 4.78 is 11.8. The molecule has 2 aliphatic rings. The Bertz CT molecular complexity index is 1250. The summed E-state index contributed by atoms with van der Waals surface area (Å²) in [5, 5.41) is 5.07. The molecule has 4 rings (SSSR count). The first kappa shape index (κ1) is 26.6. The van der Waals surface area contributed by atoms with Gasteiger partial charge in [-0.25, -0.2) is 4.79 Å². The predicted octanol–water partition coefficient (Wildman–Crippen LogP) is 4.42.